The summed E-state index contributed by atoms with van der Waals surface area (Å²) in [5.41, 5.74) is -0.286. The minimum Gasteiger partial charge on any atom is -0.444 e. The molecule has 1 heterocycles. The zero-order chi connectivity index (χ0) is 17.3. The predicted molar refractivity (Wildman–Crippen MR) is 89.4 cm³/mol. The first kappa shape index (κ1) is 17.3. The fourth-order valence-electron chi connectivity index (χ4n) is 2.75. The Morgan fingerprint density at radius 1 is 1.09 bits per heavy atom. The van der Waals surface area contributed by atoms with E-state index in [1.807, 2.05) is 69.9 Å². The molecule has 2 amide bonds. The van der Waals surface area contributed by atoms with Crippen LogP contribution in [0.4, 0.5) is 4.79 Å². The maximum absolute atomic E-state index is 12.7. The number of benzene rings is 1. The van der Waals surface area contributed by atoms with Gasteiger partial charge in [-0.3, -0.25) is 4.79 Å². The zero-order valence-electron chi connectivity index (χ0n) is 14.6. The highest BCUT2D eigenvalue weighted by molar-refractivity contribution is 5.94. The van der Waals surface area contributed by atoms with E-state index >= 15 is 0 Å². The summed E-state index contributed by atoms with van der Waals surface area (Å²) in [4.78, 5) is 28.5. The van der Waals surface area contributed by atoms with Crippen molar-refractivity contribution in [3.63, 3.8) is 0 Å². The van der Waals surface area contributed by atoms with Crippen LogP contribution in [0.2, 0.25) is 0 Å². The Labute approximate surface area is 138 Å². The van der Waals surface area contributed by atoms with Gasteiger partial charge >= 0.3 is 6.09 Å². The largest absolute Gasteiger partial charge is 0.444 e. The van der Waals surface area contributed by atoms with Crippen LogP contribution in [-0.4, -0.2) is 52.6 Å². The van der Waals surface area contributed by atoms with Crippen LogP contribution in [0, 0.1) is 0 Å². The number of ether oxygens (including phenoxy) is 1. The minimum absolute atomic E-state index is 0.000520. The molecule has 0 radical (unpaired) electrons. The fourth-order valence-corrected chi connectivity index (χ4v) is 2.75. The number of nitrogens with zero attached hydrogens (tertiary/aromatic N) is 2. The zero-order valence-corrected chi connectivity index (χ0v) is 14.6. The van der Waals surface area contributed by atoms with Crippen LogP contribution in [0.25, 0.3) is 0 Å². The van der Waals surface area contributed by atoms with Crippen molar-refractivity contribution in [3.8, 4) is 0 Å². The molecule has 0 N–H and O–H groups in total. The standard InChI is InChI=1S/C18H26N2O3/c1-17(2,3)23-16(22)19-11-12-20(18(4,5)13-19)15(21)14-9-7-6-8-10-14/h6-10H,11-13H2,1-5H3. The monoisotopic (exact) mass is 318 g/mol. The van der Waals surface area contributed by atoms with Crippen molar-refractivity contribution >= 4 is 12.0 Å². The average molecular weight is 318 g/mol. The lowest BCUT2D eigenvalue weighted by molar-refractivity contribution is -0.0108. The molecule has 1 aliphatic heterocycles. The second-order valence-electron chi connectivity index (χ2n) is 7.54. The smallest absolute Gasteiger partial charge is 0.410 e. The van der Waals surface area contributed by atoms with Crippen molar-refractivity contribution in [1.29, 1.82) is 0 Å². The number of piperazine rings is 1. The Morgan fingerprint density at radius 3 is 2.22 bits per heavy atom. The van der Waals surface area contributed by atoms with Crippen LogP contribution in [0.1, 0.15) is 45.0 Å². The number of hydrogen-bond donors (Lipinski definition) is 0. The molecule has 1 aromatic rings. The van der Waals surface area contributed by atoms with Gasteiger partial charge in [0.25, 0.3) is 5.91 Å². The van der Waals surface area contributed by atoms with Gasteiger partial charge in [-0.25, -0.2) is 4.79 Å². The SMILES string of the molecule is CC(C)(C)OC(=O)N1CCN(C(=O)c2ccccc2)C(C)(C)C1. The molecule has 0 atom stereocenters. The first-order valence-corrected chi connectivity index (χ1v) is 7.95. The summed E-state index contributed by atoms with van der Waals surface area (Å²) in [7, 11) is 0. The topological polar surface area (TPSA) is 49.9 Å². The Balaban J connectivity index is 2.09. The Bertz CT molecular complexity index is 576. The fraction of sp³-hybridized carbons (Fsp3) is 0.556. The Morgan fingerprint density at radius 2 is 1.70 bits per heavy atom. The second kappa shape index (κ2) is 6.22. The van der Waals surface area contributed by atoms with Gasteiger partial charge in [-0.1, -0.05) is 18.2 Å². The summed E-state index contributed by atoms with van der Waals surface area (Å²) in [6, 6.07) is 9.24. The molecule has 0 saturated carbocycles. The van der Waals surface area contributed by atoms with Gasteiger partial charge in [0, 0.05) is 25.2 Å². The summed E-state index contributed by atoms with van der Waals surface area (Å²) >= 11 is 0. The molecular formula is C18H26N2O3. The van der Waals surface area contributed by atoms with Gasteiger partial charge < -0.3 is 14.5 Å². The molecule has 2 rings (SSSR count). The van der Waals surface area contributed by atoms with Gasteiger partial charge in [0.2, 0.25) is 0 Å². The molecule has 5 nitrogen and oxygen atoms in total. The molecule has 126 valence electrons. The summed E-state index contributed by atoms with van der Waals surface area (Å²) in [6.07, 6.45) is -0.322. The average Bonchev–Trinajstić information content (AvgIpc) is 2.44. The van der Waals surface area contributed by atoms with Gasteiger partial charge in [-0.2, -0.15) is 0 Å². The van der Waals surface area contributed by atoms with Gasteiger partial charge in [-0.05, 0) is 46.8 Å². The van der Waals surface area contributed by atoms with E-state index in [1.54, 1.807) is 4.90 Å². The van der Waals surface area contributed by atoms with Crippen molar-refractivity contribution < 1.29 is 14.3 Å². The van der Waals surface area contributed by atoms with Gasteiger partial charge in [0.05, 0.1) is 5.54 Å². The van der Waals surface area contributed by atoms with Gasteiger partial charge in [-0.15, -0.1) is 0 Å². The quantitative estimate of drug-likeness (QED) is 0.799. The molecule has 5 heteroatoms. The van der Waals surface area contributed by atoms with E-state index in [-0.39, 0.29) is 12.0 Å². The molecule has 1 aromatic carbocycles. The van der Waals surface area contributed by atoms with Crippen LogP contribution >= 0.6 is 0 Å². The van der Waals surface area contributed by atoms with Gasteiger partial charge in [0.15, 0.2) is 0 Å². The van der Waals surface area contributed by atoms with Gasteiger partial charge in [0.1, 0.15) is 5.60 Å². The Hall–Kier alpha value is -2.04. The van der Waals surface area contributed by atoms with Crippen molar-refractivity contribution in [2.75, 3.05) is 19.6 Å². The molecule has 1 fully saturated rings. The summed E-state index contributed by atoms with van der Waals surface area (Å²) in [5, 5.41) is 0. The van der Waals surface area contributed by atoms with Crippen LogP contribution in [0.3, 0.4) is 0 Å². The number of rotatable bonds is 1. The van der Waals surface area contributed by atoms with Crippen LogP contribution in [0.15, 0.2) is 30.3 Å². The van der Waals surface area contributed by atoms with E-state index in [4.69, 9.17) is 4.74 Å². The first-order chi connectivity index (χ1) is 10.6. The molecule has 23 heavy (non-hydrogen) atoms. The number of hydrogen-bond acceptors (Lipinski definition) is 3. The van der Waals surface area contributed by atoms with Crippen molar-refractivity contribution in [2.24, 2.45) is 0 Å². The van der Waals surface area contributed by atoms with Crippen LogP contribution < -0.4 is 0 Å². The predicted octanol–water partition coefficient (Wildman–Crippen LogP) is 3.16. The highest BCUT2D eigenvalue weighted by Crippen LogP contribution is 2.24. The highest BCUT2D eigenvalue weighted by atomic mass is 16.6. The molecule has 1 aliphatic rings. The van der Waals surface area contributed by atoms with E-state index in [0.29, 0.717) is 25.2 Å². The lowest BCUT2D eigenvalue weighted by Gasteiger charge is -2.47. The summed E-state index contributed by atoms with van der Waals surface area (Å²) in [6.45, 7) is 11.0. The number of amides is 2. The van der Waals surface area contributed by atoms with Crippen molar-refractivity contribution in [1.82, 2.24) is 9.80 Å². The molecule has 0 spiro atoms. The molecule has 0 aliphatic carbocycles. The number of carbonyl (C=O) groups is 2. The van der Waals surface area contributed by atoms with E-state index in [9.17, 15) is 9.59 Å². The number of carbonyl (C=O) groups excluding carboxylic acids is 2. The summed E-state index contributed by atoms with van der Waals surface area (Å²) < 4.78 is 5.43. The lowest BCUT2D eigenvalue weighted by Crippen LogP contribution is -2.62. The third-order valence-electron chi connectivity index (χ3n) is 3.82. The third kappa shape index (κ3) is 4.24. The first-order valence-electron chi connectivity index (χ1n) is 7.95. The van der Waals surface area contributed by atoms with Crippen LogP contribution in [0.5, 0.6) is 0 Å². The summed E-state index contributed by atoms with van der Waals surface area (Å²) in [5.74, 6) is -0.000520. The molecule has 1 saturated heterocycles. The van der Waals surface area contributed by atoms with Crippen molar-refractivity contribution in [2.45, 2.75) is 45.8 Å². The van der Waals surface area contributed by atoms with E-state index < -0.39 is 11.1 Å². The Kier molecular flexibility index (Phi) is 4.68. The van der Waals surface area contributed by atoms with Crippen LogP contribution in [-0.2, 0) is 4.74 Å². The lowest BCUT2D eigenvalue weighted by atomic mass is 9.97. The second-order valence-corrected chi connectivity index (χ2v) is 7.54. The maximum atomic E-state index is 12.7. The highest BCUT2D eigenvalue weighted by Gasteiger charge is 2.39. The molecular weight excluding hydrogens is 292 g/mol. The normalized spacial score (nSPS) is 17.8. The van der Waals surface area contributed by atoms with Crippen molar-refractivity contribution in [3.05, 3.63) is 35.9 Å². The maximum Gasteiger partial charge on any atom is 0.410 e. The van der Waals surface area contributed by atoms with E-state index in [1.165, 1.54) is 0 Å². The molecule has 0 unspecified atom stereocenters. The molecule has 0 aromatic heterocycles. The van der Waals surface area contributed by atoms with E-state index in [2.05, 4.69) is 0 Å². The minimum atomic E-state index is -0.516. The third-order valence-corrected chi connectivity index (χ3v) is 3.82. The van der Waals surface area contributed by atoms with E-state index in [0.717, 1.165) is 0 Å². The molecule has 0 bridgehead atoms.